The van der Waals surface area contributed by atoms with Crippen LogP contribution in [-0.2, 0) is 20.8 Å². The van der Waals surface area contributed by atoms with E-state index in [-0.39, 0.29) is 14.9 Å². The second-order valence-corrected chi connectivity index (χ2v) is 29.5. The minimum atomic E-state index is -2.13. The van der Waals surface area contributed by atoms with Gasteiger partial charge in [0.25, 0.3) is 0 Å². The molecular formula is C64H66Cl2SiZr. The number of benzene rings is 6. The molecule has 0 amide bonds. The molecule has 68 heavy (non-hydrogen) atoms. The van der Waals surface area contributed by atoms with Crippen molar-refractivity contribution in [1.29, 1.82) is 0 Å². The summed E-state index contributed by atoms with van der Waals surface area (Å²) in [5, 5.41) is 11.3. The fourth-order valence-corrected chi connectivity index (χ4v) is 21.5. The molecule has 4 heteroatoms. The Kier molecular flexibility index (Phi) is 14.7. The van der Waals surface area contributed by atoms with Crippen LogP contribution in [0.25, 0.3) is 56.0 Å². The molecule has 6 aliphatic rings. The Morgan fingerprint density at radius 3 is 1.28 bits per heavy atom. The fourth-order valence-electron chi connectivity index (χ4n) is 15.2. The normalized spacial score (nSPS) is 25.7. The predicted octanol–water partition coefficient (Wildman–Crippen LogP) is 15.5. The summed E-state index contributed by atoms with van der Waals surface area (Å²) in [6.07, 6.45) is 22.5. The van der Waals surface area contributed by atoms with Crippen molar-refractivity contribution in [3.05, 3.63) is 216 Å². The molecule has 344 valence electrons. The Bertz CT molecular complexity index is 3050. The van der Waals surface area contributed by atoms with Crippen LogP contribution < -0.4 is 20.9 Å². The molecule has 8 atom stereocenters. The molecule has 0 heterocycles. The number of allylic oxidation sites excluding steroid dienone is 8. The van der Waals surface area contributed by atoms with Gasteiger partial charge in [-0.2, -0.15) is 0 Å². The maximum atomic E-state index is 4.93. The van der Waals surface area contributed by atoms with Crippen molar-refractivity contribution in [3.8, 4) is 0 Å². The van der Waals surface area contributed by atoms with Gasteiger partial charge < -0.3 is 14.9 Å². The molecular weight excluding hydrogens is 959 g/mol. The molecule has 2 saturated carbocycles. The molecule has 0 spiro atoms. The van der Waals surface area contributed by atoms with Crippen molar-refractivity contribution in [2.75, 3.05) is 0 Å². The van der Waals surface area contributed by atoms with Crippen LogP contribution in [0.2, 0.25) is 24.2 Å². The topological polar surface area (TPSA) is 0 Å². The average Bonchev–Trinajstić information content (AvgIpc) is 3.90. The summed E-state index contributed by atoms with van der Waals surface area (Å²) in [6, 6.07) is 51.0. The summed E-state index contributed by atoms with van der Waals surface area (Å²) in [4.78, 5) is 0. The van der Waals surface area contributed by atoms with Crippen LogP contribution in [0, 0.1) is 50.4 Å². The molecule has 2 fully saturated rings. The summed E-state index contributed by atoms with van der Waals surface area (Å²) in [7, 11) is 7.74. The van der Waals surface area contributed by atoms with E-state index in [1.54, 1.807) is 33.4 Å². The third-order valence-electron chi connectivity index (χ3n) is 17.2. The number of fused-ring (bicyclic) bond motifs is 6. The van der Waals surface area contributed by atoms with Crippen molar-refractivity contribution in [2.45, 2.75) is 76.5 Å². The summed E-state index contributed by atoms with van der Waals surface area (Å²) < 4.78 is 0. The Morgan fingerprint density at radius 1 is 0.471 bits per heavy atom. The Hall–Kier alpha value is -4.04. The third kappa shape index (κ3) is 8.36. The van der Waals surface area contributed by atoms with Gasteiger partial charge in [0.05, 0.1) is 8.07 Å². The van der Waals surface area contributed by atoms with Crippen LogP contribution in [-0.4, -0.2) is 8.07 Å². The quantitative estimate of drug-likeness (QED) is 0.115. The first-order chi connectivity index (χ1) is 32.3. The predicted molar refractivity (Wildman–Crippen MR) is 297 cm³/mol. The second-order valence-electron chi connectivity index (χ2n) is 20.8. The molecule has 0 aromatic heterocycles. The van der Waals surface area contributed by atoms with E-state index in [9.17, 15) is 0 Å². The minimum absolute atomic E-state index is 0. The maximum absolute atomic E-state index is 4.93. The van der Waals surface area contributed by atoms with E-state index >= 15 is 0 Å². The zero-order valence-corrected chi connectivity index (χ0v) is 45.8. The van der Waals surface area contributed by atoms with Crippen molar-refractivity contribution >= 4 is 81.1 Å². The SMILES string of the molecule is CC1CC2C(C3=c4ccccc4=CCC3)=CC=C(c3cccc4ccccc34)C2C1[Si](C)(C)C1C(C)CC2C(C3=c4ccccc4=CCC3)=CC=C(c3cccc4ccccc34)C21.[CH3-].[CH3-].[Cl][Zr+2][Cl]. The van der Waals surface area contributed by atoms with Crippen LogP contribution in [0.5, 0.6) is 0 Å². The van der Waals surface area contributed by atoms with Gasteiger partial charge in [0.2, 0.25) is 0 Å². The van der Waals surface area contributed by atoms with Crippen molar-refractivity contribution in [2.24, 2.45) is 35.5 Å². The van der Waals surface area contributed by atoms with Gasteiger partial charge in [-0.3, -0.25) is 0 Å². The van der Waals surface area contributed by atoms with Gasteiger partial charge in [-0.25, -0.2) is 0 Å². The summed E-state index contributed by atoms with van der Waals surface area (Å²) in [5.41, 5.74) is 13.9. The molecule has 6 aliphatic carbocycles. The van der Waals surface area contributed by atoms with Crippen LogP contribution in [0.3, 0.4) is 0 Å². The van der Waals surface area contributed by atoms with E-state index in [0.717, 1.165) is 25.7 Å². The van der Waals surface area contributed by atoms with Crippen molar-refractivity contribution in [1.82, 2.24) is 0 Å². The Labute approximate surface area is 426 Å². The zero-order chi connectivity index (χ0) is 45.1. The van der Waals surface area contributed by atoms with Crippen LogP contribution in [0.15, 0.2) is 169 Å². The van der Waals surface area contributed by atoms with E-state index in [1.807, 2.05) is 0 Å². The zero-order valence-electron chi connectivity index (χ0n) is 40.8. The van der Waals surface area contributed by atoms with Gasteiger partial charge in [0.15, 0.2) is 0 Å². The molecule has 6 aromatic rings. The Balaban J connectivity index is 0.00000113. The van der Waals surface area contributed by atoms with Gasteiger partial charge in [-0.15, -0.1) is 0 Å². The van der Waals surface area contributed by atoms with Crippen molar-refractivity contribution < 1.29 is 20.8 Å². The summed E-state index contributed by atoms with van der Waals surface area (Å²) >= 11 is -0.826. The van der Waals surface area contributed by atoms with Gasteiger partial charge in [-0.05, 0) is 172 Å². The van der Waals surface area contributed by atoms with E-state index in [0.29, 0.717) is 46.6 Å². The molecule has 0 N–H and O–H groups in total. The second kappa shape index (κ2) is 20.4. The van der Waals surface area contributed by atoms with E-state index in [1.165, 1.54) is 66.4 Å². The molecule has 0 nitrogen and oxygen atoms in total. The molecule has 12 rings (SSSR count). The summed E-state index contributed by atoms with van der Waals surface area (Å²) in [5.74, 6) is 3.29. The number of halogens is 2. The fraction of sp³-hybridized carbons (Fsp3) is 0.281. The molecule has 0 radical (unpaired) electrons. The van der Waals surface area contributed by atoms with Gasteiger partial charge in [0, 0.05) is 0 Å². The van der Waals surface area contributed by atoms with Crippen LogP contribution in [0.4, 0.5) is 0 Å². The van der Waals surface area contributed by atoms with Crippen LogP contribution in [0.1, 0.15) is 63.5 Å². The first-order valence-electron chi connectivity index (χ1n) is 24.6. The molecule has 0 saturated heterocycles. The third-order valence-corrected chi connectivity index (χ3v) is 22.5. The van der Waals surface area contributed by atoms with Gasteiger partial charge >= 0.3 is 37.9 Å². The molecule has 0 aliphatic heterocycles. The average molecular weight is 1030 g/mol. The van der Waals surface area contributed by atoms with E-state index in [2.05, 4.69) is 197 Å². The van der Waals surface area contributed by atoms with Crippen molar-refractivity contribution in [3.63, 3.8) is 0 Å². The summed E-state index contributed by atoms with van der Waals surface area (Å²) in [6.45, 7) is 11.1. The van der Waals surface area contributed by atoms with E-state index < -0.39 is 28.9 Å². The number of hydrogen-bond donors (Lipinski definition) is 0. The monoisotopic (exact) mass is 1020 g/mol. The molecule has 0 bridgehead atoms. The first-order valence-corrected chi connectivity index (χ1v) is 34.1. The number of hydrogen-bond acceptors (Lipinski definition) is 0. The molecule has 6 aromatic carbocycles. The van der Waals surface area contributed by atoms with Gasteiger partial charge in [-0.1, -0.05) is 197 Å². The standard InChI is InChI=1S/C62H60Si.2CH3.2ClH.Zr/c1-39-37-57-53(49-29-13-21-41-17-5-9-25-45(41)49)33-35-55(51-31-15-23-43-19-7-11-27-47(43)51)59(57)61(39)63(3,4)62-40(2)38-58-54(50-30-14-22-42-18-6-10-26-46(42)50)34-36-56(60(58)62)52-32-16-24-44-20-8-12-28-48(44)52;;;;;/h5-12,15-28,31-36,39-40,57-62H,13-14,29-30,37-38H2,1-4H3;2*1H3;2*1H;/q;2*-1;;;+4/p-2. The van der Waals surface area contributed by atoms with Gasteiger partial charge in [0.1, 0.15) is 0 Å². The molecule has 8 unspecified atom stereocenters. The first kappa shape index (κ1) is 49.0. The van der Waals surface area contributed by atoms with E-state index in [4.69, 9.17) is 17.0 Å². The van der Waals surface area contributed by atoms with Crippen LogP contribution >= 0.6 is 17.0 Å². The Morgan fingerprint density at radius 2 is 0.838 bits per heavy atom. The number of rotatable bonds is 6.